The predicted molar refractivity (Wildman–Crippen MR) is 106 cm³/mol. The number of nitrogens with one attached hydrogen (secondary N) is 2. The molecule has 1 aromatic rings. The standard InChI is InChI=1S/C21H34N2O4/c1-4-26-19-12-16(13-22-21(2,3)15-24)10-11-18(19)27-14-20(25)23-17-8-6-5-7-9-17/h10-12,17,22,24H,4-9,13-15H2,1-3H3,(H,23,25). The van der Waals surface area contributed by atoms with Crippen LogP contribution in [-0.2, 0) is 11.3 Å². The number of aliphatic hydroxyl groups is 1. The van der Waals surface area contributed by atoms with Gasteiger partial charge < -0.3 is 25.2 Å². The zero-order valence-electron chi connectivity index (χ0n) is 16.8. The largest absolute Gasteiger partial charge is 0.490 e. The van der Waals surface area contributed by atoms with E-state index < -0.39 is 0 Å². The van der Waals surface area contributed by atoms with Crippen molar-refractivity contribution in [2.45, 2.75) is 71.0 Å². The van der Waals surface area contributed by atoms with Crippen molar-refractivity contribution in [2.24, 2.45) is 0 Å². The smallest absolute Gasteiger partial charge is 0.258 e. The Hall–Kier alpha value is -1.79. The van der Waals surface area contributed by atoms with Crippen LogP contribution >= 0.6 is 0 Å². The molecule has 0 aromatic heterocycles. The lowest BCUT2D eigenvalue weighted by Gasteiger charge is -2.24. The number of benzene rings is 1. The highest BCUT2D eigenvalue weighted by molar-refractivity contribution is 5.78. The van der Waals surface area contributed by atoms with Gasteiger partial charge in [0.1, 0.15) is 0 Å². The van der Waals surface area contributed by atoms with Crippen LogP contribution < -0.4 is 20.1 Å². The molecule has 0 radical (unpaired) electrons. The maximum absolute atomic E-state index is 12.2. The van der Waals surface area contributed by atoms with Crippen molar-refractivity contribution in [3.8, 4) is 11.5 Å². The molecule has 27 heavy (non-hydrogen) atoms. The van der Waals surface area contributed by atoms with E-state index in [0.29, 0.717) is 24.7 Å². The van der Waals surface area contributed by atoms with Crippen molar-refractivity contribution >= 4 is 5.91 Å². The Kier molecular flexibility index (Phi) is 8.38. The molecular formula is C21H34N2O4. The molecule has 1 aliphatic rings. The fourth-order valence-electron chi connectivity index (χ4n) is 3.11. The minimum atomic E-state index is -0.349. The number of carbonyl (C=O) groups excluding carboxylic acids is 1. The fourth-order valence-corrected chi connectivity index (χ4v) is 3.11. The molecular weight excluding hydrogens is 344 g/mol. The molecule has 152 valence electrons. The third-order valence-electron chi connectivity index (χ3n) is 4.80. The molecule has 1 aliphatic carbocycles. The lowest BCUT2D eigenvalue weighted by Crippen LogP contribution is -2.42. The molecule has 0 aliphatic heterocycles. The second kappa shape index (κ2) is 10.5. The van der Waals surface area contributed by atoms with E-state index in [1.165, 1.54) is 19.3 Å². The van der Waals surface area contributed by atoms with Crippen LogP contribution in [-0.4, -0.2) is 42.4 Å². The molecule has 0 unspecified atom stereocenters. The number of aliphatic hydroxyl groups excluding tert-OH is 1. The molecule has 0 bridgehead atoms. The topological polar surface area (TPSA) is 79.8 Å². The summed E-state index contributed by atoms with van der Waals surface area (Å²) in [4.78, 5) is 12.2. The first-order valence-electron chi connectivity index (χ1n) is 9.97. The molecule has 6 nitrogen and oxygen atoms in total. The van der Waals surface area contributed by atoms with Crippen LogP contribution in [0, 0.1) is 0 Å². The van der Waals surface area contributed by atoms with E-state index in [9.17, 15) is 9.90 Å². The zero-order valence-corrected chi connectivity index (χ0v) is 16.8. The van der Waals surface area contributed by atoms with Crippen molar-refractivity contribution in [2.75, 3.05) is 19.8 Å². The molecule has 0 spiro atoms. The molecule has 0 atom stereocenters. The molecule has 1 fully saturated rings. The Morgan fingerprint density at radius 1 is 1.19 bits per heavy atom. The minimum Gasteiger partial charge on any atom is -0.490 e. The van der Waals surface area contributed by atoms with Gasteiger partial charge in [-0.3, -0.25) is 4.79 Å². The van der Waals surface area contributed by atoms with Crippen molar-refractivity contribution < 1.29 is 19.4 Å². The van der Waals surface area contributed by atoms with Crippen LogP contribution in [0.1, 0.15) is 58.4 Å². The summed E-state index contributed by atoms with van der Waals surface area (Å²) in [6, 6.07) is 5.97. The van der Waals surface area contributed by atoms with Gasteiger partial charge in [0.25, 0.3) is 5.91 Å². The number of rotatable bonds is 10. The van der Waals surface area contributed by atoms with Gasteiger partial charge in [0.2, 0.25) is 0 Å². The van der Waals surface area contributed by atoms with E-state index in [0.717, 1.165) is 18.4 Å². The molecule has 2 rings (SSSR count). The van der Waals surface area contributed by atoms with Crippen LogP contribution in [0.5, 0.6) is 11.5 Å². The Bertz CT molecular complexity index is 598. The Labute approximate surface area is 162 Å². The third-order valence-corrected chi connectivity index (χ3v) is 4.80. The van der Waals surface area contributed by atoms with Gasteiger partial charge in [0.15, 0.2) is 18.1 Å². The first kappa shape index (κ1) is 21.5. The fraction of sp³-hybridized carbons (Fsp3) is 0.667. The van der Waals surface area contributed by atoms with Crippen molar-refractivity contribution in [3.63, 3.8) is 0 Å². The summed E-state index contributed by atoms with van der Waals surface area (Å²) in [5, 5.41) is 15.7. The maximum Gasteiger partial charge on any atom is 0.258 e. The number of ether oxygens (including phenoxy) is 2. The quantitative estimate of drug-likeness (QED) is 0.583. The molecule has 6 heteroatoms. The average Bonchev–Trinajstić information content (AvgIpc) is 2.67. The molecule has 3 N–H and O–H groups in total. The summed E-state index contributed by atoms with van der Waals surface area (Å²) in [7, 11) is 0. The second-order valence-electron chi connectivity index (χ2n) is 7.80. The SMILES string of the molecule is CCOc1cc(CNC(C)(C)CO)ccc1OCC(=O)NC1CCCCC1. The lowest BCUT2D eigenvalue weighted by atomic mass is 9.95. The van der Waals surface area contributed by atoms with Gasteiger partial charge in [-0.1, -0.05) is 25.3 Å². The summed E-state index contributed by atoms with van der Waals surface area (Å²) in [6.45, 7) is 6.98. The van der Waals surface area contributed by atoms with Crippen molar-refractivity contribution in [1.29, 1.82) is 0 Å². The molecule has 0 saturated heterocycles. The number of hydrogen-bond acceptors (Lipinski definition) is 5. The van der Waals surface area contributed by atoms with E-state index in [1.54, 1.807) is 0 Å². The van der Waals surface area contributed by atoms with E-state index in [2.05, 4.69) is 10.6 Å². The molecule has 0 heterocycles. The lowest BCUT2D eigenvalue weighted by molar-refractivity contribution is -0.124. The van der Waals surface area contributed by atoms with E-state index in [4.69, 9.17) is 9.47 Å². The van der Waals surface area contributed by atoms with Gasteiger partial charge in [-0.2, -0.15) is 0 Å². The highest BCUT2D eigenvalue weighted by Gasteiger charge is 2.18. The summed E-state index contributed by atoms with van der Waals surface area (Å²) >= 11 is 0. The van der Waals surface area contributed by atoms with Crippen molar-refractivity contribution in [3.05, 3.63) is 23.8 Å². The average molecular weight is 379 g/mol. The van der Waals surface area contributed by atoms with Crippen LogP contribution in [0.25, 0.3) is 0 Å². The van der Waals surface area contributed by atoms with Gasteiger partial charge in [-0.25, -0.2) is 0 Å². The Balaban J connectivity index is 1.91. The highest BCUT2D eigenvalue weighted by Crippen LogP contribution is 2.29. The summed E-state index contributed by atoms with van der Waals surface area (Å²) < 4.78 is 11.4. The predicted octanol–water partition coefficient (Wildman–Crippen LogP) is 2.77. The van der Waals surface area contributed by atoms with Crippen molar-refractivity contribution in [1.82, 2.24) is 10.6 Å². The first-order valence-corrected chi connectivity index (χ1v) is 9.97. The Morgan fingerprint density at radius 2 is 1.93 bits per heavy atom. The minimum absolute atomic E-state index is 0.00822. The van der Waals surface area contributed by atoms with Gasteiger partial charge in [-0.05, 0) is 51.3 Å². The molecule has 1 saturated carbocycles. The maximum atomic E-state index is 12.2. The number of amides is 1. The third kappa shape index (κ3) is 7.39. The molecule has 1 amide bonds. The summed E-state index contributed by atoms with van der Waals surface area (Å²) in [5.74, 6) is 1.12. The van der Waals surface area contributed by atoms with E-state index in [1.807, 2.05) is 39.0 Å². The highest BCUT2D eigenvalue weighted by atomic mass is 16.5. The number of hydrogen-bond donors (Lipinski definition) is 3. The summed E-state index contributed by atoms with van der Waals surface area (Å²) in [6.07, 6.45) is 5.74. The summed E-state index contributed by atoms with van der Waals surface area (Å²) in [5.41, 5.74) is 0.678. The van der Waals surface area contributed by atoms with Gasteiger partial charge >= 0.3 is 0 Å². The Morgan fingerprint density at radius 3 is 2.59 bits per heavy atom. The monoisotopic (exact) mass is 378 g/mol. The van der Waals surface area contributed by atoms with Crippen LogP contribution in [0.2, 0.25) is 0 Å². The van der Waals surface area contributed by atoms with Gasteiger partial charge in [0, 0.05) is 18.1 Å². The number of carbonyl (C=O) groups is 1. The van der Waals surface area contributed by atoms with Gasteiger partial charge in [-0.15, -0.1) is 0 Å². The first-order chi connectivity index (χ1) is 12.9. The van der Waals surface area contributed by atoms with E-state index in [-0.39, 0.29) is 30.7 Å². The van der Waals surface area contributed by atoms with Crippen LogP contribution in [0.15, 0.2) is 18.2 Å². The normalized spacial score (nSPS) is 15.4. The zero-order chi connectivity index (χ0) is 19.7. The van der Waals surface area contributed by atoms with Gasteiger partial charge in [0.05, 0.1) is 13.2 Å². The molecule has 1 aromatic carbocycles. The van der Waals surface area contributed by atoms with Crippen LogP contribution in [0.4, 0.5) is 0 Å². The van der Waals surface area contributed by atoms with Crippen LogP contribution in [0.3, 0.4) is 0 Å². The van der Waals surface area contributed by atoms with E-state index >= 15 is 0 Å². The second-order valence-corrected chi connectivity index (χ2v) is 7.80.